The van der Waals surface area contributed by atoms with E-state index >= 15 is 0 Å². The lowest BCUT2D eigenvalue weighted by Crippen LogP contribution is -2.26. The molecule has 2 aliphatic rings. The normalized spacial score (nSPS) is 16.2. The van der Waals surface area contributed by atoms with Crippen molar-refractivity contribution in [2.45, 2.75) is 32.2 Å². The van der Waals surface area contributed by atoms with Gasteiger partial charge in [0.15, 0.2) is 11.5 Å². The van der Waals surface area contributed by atoms with Gasteiger partial charge in [-0.3, -0.25) is 9.78 Å². The summed E-state index contributed by atoms with van der Waals surface area (Å²) in [7, 11) is 0. The summed E-state index contributed by atoms with van der Waals surface area (Å²) < 4.78 is 10.7. The van der Waals surface area contributed by atoms with Crippen molar-refractivity contribution in [3.8, 4) is 11.5 Å². The molecule has 0 atom stereocenters. The van der Waals surface area contributed by atoms with Crippen molar-refractivity contribution < 1.29 is 14.3 Å². The Hall–Kier alpha value is -2.76. The summed E-state index contributed by atoms with van der Waals surface area (Å²) in [5.41, 5.74) is 2.49. The minimum absolute atomic E-state index is 0.167. The Morgan fingerprint density at radius 1 is 1.04 bits per heavy atom. The van der Waals surface area contributed by atoms with E-state index in [1.807, 2.05) is 30.3 Å². The number of hydrogen-bond acceptors (Lipinski definition) is 5. The predicted octanol–water partition coefficient (Wildman–Crippen LogP) is 3.12. The van der Waals surface area contributed by atoms with Crippen LogP contribution in [0.15, 0.2) is 36.5 Å². The second-order valence-corrected chi connectivity index (χ2v) is 6.67. The molecule has 0 unspecified atom stereocenters. The fourth-order valence-corrected chi connectivity index (χ4v) is 3.39. The number of aromatic nitrogens is 1. The molecule has 136 valence electrons. The predicted molar refractivity (Wildman–Crippen MR) is 98.7 cm³/mol. The standard InChI is InChI=1S/C20H23N3O3/c24-20(22-13-15-5-6-18-19(11-15)26-14-25-18)17-12-16(7-8-21-17)23-9-3-1-2-4-10-23/h5-8,11-12H,1-4,9-10,13-14H2,(H,22,24). The van der Waals surface area contributed by atoms with E-state index in [4.69, 9.17) is 9.47 Å². The van der Waals surface area contributed by atoms with Gasteiger partial charge in [-0.05, 0) is 42.7 Å². The number of carbonyl (C=O) groups excluding carboxylic acids is 1. The zero-order chi connectivity index (χ0) is 17.8. The van der Waals surface area contributed by atoms with Gasteiger partial charge in [-0.15, -0.1) is 0 Å². The Morgan fingerprint density at radius 3 is 2.69 bits per heavy atom. The third-order valence-electron chi connectivity index (χ3n) is 4.84. The molecule has 3 heterocycles. The van der Waals surface area contributed by atoms with Gasteiger partial charge in [-0.2, -0.15) is 0 Å². The van der Waals surface area contributed by atoms with Crippen LogP contribution in [0.1, 0.15) is 41.7 Å². The van der Waals surface area contributed by atoms with Crippen LogP contribution in [0.3, 0.4) is 0 Å². The second-order valence-electron chi connectivity index (χ2n) is 6.67. The number of amides is 1. The van der Waals surface area contributed by atoms with E-state index in [-0.39, 0.29) is 12.7 Å². The number of anilines is 1. The van der Waals surface area contributed by atoms with Crippen molar-refractivity contribution in [2.75, 3.05) is 24.8 Å². The molecule has 1 aromatic heterocycles. The number of fused-ring (bicyclic) bond motifs is 1. The zero-order valence-electron chi connectivity index (χ0n) is 14.7. The van der Waals surface area contributed by atoms with Crippen LogP contribution in [0.5, 0.6) is 11.5 Å². The van der Waals surface area contributed by atoms with Gasteiger partial charge in [0.05, 0.1) is 0 Å². The number of carbonyl (C=O) groups is 1. The van der Waals surface area contributed by atoms with Crippen LogP contribution < -0.4 is 19.7 Å². The first-order valence-electron chi connectivity index (χ1n) is 9.17. The number of nitrogens with one attached hydrogen (secondary N) is 1. The van der Waals surface area contributed by atoms with Crippen molar-refractivity contribution in [2.24, 2.45) is 0 Å². The summed E-state index contributed by atoms with van der Waals surface area (Å²) in [6.45, 7) is 2.76. The highest BCUT2D eigenvalue weighted by molar-refractivity contribution is 5.93. The number of rotatable bonds is 4. The van der Waals surface area contributed by atoms with Crippen molar-refractivity contribution >= 4 is 11.6 Å². The van der Waals surface area contributed by atoms with E-state index in [0.29, 0.717) is 12.2 Å². The van der Waals surface area contributed by atoms with Gasteiger partial charge in [-0.25, -0.2) is 0 Å². The molecule has 1 amide bonds. The molecule has 0 radical (unpaired) electrons. The average molecular weight is 353 g/mol. The molecule has 4 rings (SSSR count). The number of pyridine rings is 1. The van der Waals surface area contributed by atoms with Gasteiger partial charge in [0, 0.05) is 31.5 Å². The van der Waals surface area contributed by atoms with Crippen LogP contribution in [-0.2, 0) is 6.54 Å². The SMILES string of the molecule is O=C(NCc1ccc2c(c1)OCO2)c1cc(N2CCCCCC2)ccn1. The highest BCUT2D eigenvalue weighted by Crippen LogP contribution is 2.32. The Bertz CT molecular complexity index is 786. The lowest BCUT2D eigenvalue weighted by atomic mass is 10.2. The van der Waals surface area contributed by atoms with E-state index < -0.39 is 0 Å². The van der Waals surface area contributed by atoms with Crippen LogP contribution in [0.2, 0.25) is 0 Å². The maximum atomic E-state index is 12.5. The topological polar surface area (TPSA) is 63.7 Å². The number of ether oxygens (including phenoxy) is 2. The molecule has 6 heteroatoms. The molecule has 0 saturated carbocycles. The van der Waals surface area contributed by atoms with Gasteiger partial charge in [0.1, 0.15) is 5.69 Å². The first-order valence-corrected chi connectivity index (χ1v) is 9.17. The minimum Gasteiger partial charge on any atom is -0.454 e. The van der Waals surface area contributed by atoms with Gasteiger partial charge < -0.3 is 19.7 Å². The second kappa shape index (κ2) is 7.64. The molecule has 0 bridgehead atoms. The number of hydrogen-bond donors (Lipinski definition) is 1. The molecule has 2 aliphatic heterocycles. The van der Waals surface area contributed by atoms with E-state index in [0.717, 1.165) is 35.8 Å². The quantitative estimate of drug-likeness (QED) is 0.915. The first kappa shape index (κ1) is 16.7. The summed E-state index contributed by atoms with van der Waals surface area (Å²) in [6, 6.07) is 9.56. The Balaban J connectivity index is 1.40. The molecule has 0 aliphatic carbocycles. The van der Waals surface area contributed by atoms with Crippen LogP contribution in [0.4, 0.5) is 5.69 Å². The molecule has 0 spiro atoms. The molecule has 1 aromatic carbocycles. The van der Waals surface area contributed by atoms with Crippen molar-refractivity contribution in [1.82, 2.24) is 10.3 Å². The third kappa shape index (κ3) is 3.74. The monoisotopic (exact) mass is 353 g/mol. The summed E-state index contributed by atoms with van der Waals surface area (Å²) in [5.74, 6) is 1.30. The molecular weight excluding hydrogens is 330 g/mol. The Labute approximate surface area is 153 Å². The fourth-order valence-electron chi connectivity index (χ4n) is 3.39. The largest absolute Gasteiger partial charge is 0.454 e. The van der Waals surface area contributed by atoms with Crippen LogP contribution in [0, 0.1) is 0 Å². The summed E-state index contributed by atoms with van der Waals surface area (Å²) in [6.07, 6.45) is 6.69. The fraction of sp³-hybridized carbons (Fsp3) is 0.400. The van der Waals surface area contributed by atoms with E-state index in [2.05, 4.69) is 15.2 Å². The zero-order valence-corrected chi connectivity index (χ0v) is 14.7. The third-order valence-corrected chi connectivity index (χ3v) is 4.84. The minimum atomic E-state index is -0.167. The van der Waals surface area contributed by atoms with Crippen molar-refractivity contribution in [3.63, 3.8) is 0 Å². The van der Waals surface area contributed by atoms with Crippen molar-refractivity contribution in [3.05, 3.63) is 47.8 Å². The lowest BCUT2D eigenvalue weighted by molar-refractivity contribution is 0.0946. The number of nitrogens with zero attached hydrogens (tertiary/aromatic N) is 2. The van der Waals surface area contributed by atoms with Gasteiger partial charge in [0.25, 0.3) is 5.91 Å². The maximum Gasteiger partial charge on any atom is 0.270 e. The molecular formula is C20H23N3O3. The summed E-state index contributed by atoms with van der Waals surface area (Å²) >= 11 is 0. The van der Waals surface area contributed by atoms with Crippen LogP contribution >= 0.6 is 0 Å². The highest BCUT2D eigenvalue weighted by Gasteiger charge is 2.15. The first-order chi connectivity index (χ1) is 12.8. The molecule has 1 saturated heterocycles. The summed E-state index contributed by atoms with van der Waals surface area (Å²) in [5, 5.41) is 2.93. The van der Waals surface area contributed by atoms with Gasteiger partial charge in [0.2, 0.25) is 6.79 Å². The van der Waals surface area contributed by atoms with E-state index in [1.165, 1.54) is 25.7 Å². The molecule has 1 fully saturated rings. The van der Waals surface area contributed by atoms with Crippen LogP contribution in [0.25, 0.3) is 0 Å². The lowest BCUT2D eigenvalue weighted by Gasteiger charge is -2.22. The maximum absolute atomic E-state index is 12.5. The van der Waals surface area contributed by atoms with Crippen molar-refractivity contribution in [1.29, 1.82) is 0 Å². The number of benzene rings is 1. The average Bonchev–Trinajstić information content (AvgIpc) is 2.97. The van der Waals surface area contributed by atoms with Gasteiger partial charge >= 0.3 is 0 Å². The van der Waals surface area contributed by atoms with Crippen LogP contribution in [-0.4, -0.2) is 30.8 Å². The Morgan fingerprint density at radius 2 is 1.85 bits per heavy atom. The molecule has 1 N–H and O–H groups in total. The van der Waals surface area contributed by atoms with Gasteiger partial charge in [-0.1, -0.05) is 18.9 Å². The Kier molecular flexibility index (Phi) is 4.91. The highest BCUT2D eigenvalue weighted by atomic mass is 16.7. The summed E-state index contributed by atoms with van der Waals surface area (Å²) in [4.78, 5) is 19.1. The molecule has 26 heavy (non-hydrogen) atoms. The molecule has 2 aromatic rings. The smallest absolute Gasteiger partial charge is 0.270 e. The van der Waals surface area contributed by atoms with E-state index in [1.54, 1.807) is 6.20 Å². The molecule has 6 nitrogen and oxygen atoms in total. The van der Waals surface area contributed by atoms with E-state index in [9.17, 15) is 4.79 Å².